The van der Waals surface area contributed by atoms with E-state index in [1.807, 2.05) is 31.2 Å². The van der Waals surface area contributed by atoms with Crippen molar-refractivity contribution in [3.8, 4) is 33.8 Å². The van der Waals surface area contributed by atoms with Crippen LogP contribution in [0.15, 0.2) is 67.3 Å². The van der Waals surface area contributed by atoms with Crippen molar-refractivity contribution in [3.63, 3.8) is 0 Å². The van der Waals surface area contributed by atoms with E-state index in [1.54, 1.807) is 30.9 Å². The fourth-order valence-corrected chi connectivity index (χ4v) is 4.08. The van der Waals surface area contributed by atoms with E-state index in [1.165, 1.54) is 12.1 Å². The molecule has 36 heavy (non-hydrogen) atoms. The van der Waals surface area contributed by atoms with Crippen LogP contribution in [0.2, 0.25) is 0 Å². The quantitative estimate of drug-likeness (QED) is 0.250. The molecule has 9 nitrogen and oxygen atoms in total. The van der Waals surface area contributed by atoms with Crippen molar-refractivity contribution in [3.05, 3.63) is 73.1 Å². The standard InChI is InChI=1S/C26H21FN8O/c1-2-22(36)32-21-7-6-15(10-29-21)16-9-18-24(34-35-25(18)30-11-16)26-31-20-13-28-12-19(23(20)33-26)14-4-3-5-17(27)8-14/h3-13,22,36H,2H2,1H3,(H,29,32)(H,31,33)(H,30,34,35). The zero-order valence-electron chi connectivity index (χ0n) is 19.2. The number of aromatic amines is 2. The van der Waals surface area contributed by atoms with E-state index in [0.717, 1.165) is 27.6 Å². The first-order valence-electron chi connectivity index (χ1n) is 11.4. The highest BCUT2D eigenvalue weighted by Gasteiger charge is 2.16. The predicted molar refractivity (Wildman–Crippen MR) is 135 cm³/mol. The Kier molecular flexibility index (Phi) is 5.34. The lowest BCUT2D eigenvalue weighted by atomic mass is 10.1. The maximum absolute atomic E-state index is 13.8. The Balaban J connectivity index is 1.39. The molecule has 0 aliphatic carbocycles. The predicted octanol–water partition coefficient (Wildman–Crippen LogP) is 4.90. The van der Waals surface area contributed by atoms with Crippen molar-refractivity contribution < 1.29 is 9.50 Å². The first kappa shape index (κ1) is 21.8. The number of rotatable bonds is 6. The topological polar surface area (TPSA) is 128 Å². The summed E-state index contributed by atoms with van der Waals surface area (Å²) in [4.78, 5) is 21.3. The van der Waals surface area contributed by atoms with E-state index in [4.69, 9.17) is 4.98 Å². The molecule has 0 amide bonds. The fraction of sp³-hybridized carbons (Fsp3) is 0.115. The summed E-state index contributed by atoms with van der Waals surface area (Å²) in [5.74, 6) is 0.845. The average Bonchev–Trinajstić information content (AvgIpc) is 3.52. The maximum Gasteiger partial charge on any atom is 0.181 e. The van der Waals surface area contributed by atoms with E-state index in [9.17, 15) is 9.50 Å². The molecule has 1 unspecified atom stereocenters. The van der Waals surface area contributed by atoms with Gasteiger partial charge in [-0.2, -0.15) is 5.10 Å². The van der Waals surface area contributed by atoms with Crippen molar-refractivity contribution in [2.24, 2.45) is 0 Å². The minimum absolute atomic E-state index is 0.321. The fourth-order valence-electron chi connectivity index (χ4n) is 4.08. The van der Waals surface area contributed by atoms with Crippen LogP contribution < -0.4 is 5.32 Å². The Hall–Kier alpha value is -4.70. The minimum Gasteiger partial charge on any atom is -0.374 e. The van der Waals surface area contributed by atoms with Crippen LogP contribution in [0.5, 0.6) is 0 Å². The van der Waals surface area contributed by atoms with Crippen molar-refractivity contribution in [1.29, 1.82) is 0 Å². The molecule has 0 saturated carbocycles. The third kappa shape index (κ3) is 3.93. The molecule has 178 valence electrons. The molecule has 0 aliphatic heterocycles. The zero-order valence-corrected chi connectivity index (χ0v) is 19.2. The van der Waals surface area contributed by atoms with Crippen LogP contribution in [0.25, 0.3) is 55.8 Å². The zero-order chi connectivity index (χ0) is 24.6. The summed E-state index contributed by atoms with van der Waals surface area (Å²) in [6.07, 6.45) is 6.77. The molecule has 5 heterocycles. The van der Waals surface area contributed by atoms with Gasteiger partial charge in [-0.25, -0.2) is 19.3 Å². The Bertz CT molecular complexity index is 1690. The van der Waals surface area contributed by atoms with Gasteiger partial charge < -0.3 is 15.4 Å². The minimum atomic E-state index is -0.643. The van der Waals surface area contributed by atoms with Gasteiger partial charge in [0.1, 0.15) is 23.6 Å². The van der Waals surface area contributed by atoms with Crippen LogP contribution in [0.3, 0.4) is 0 Å². The van der Waals surface area contributed by atoms with Crippen molar-refractivity contribution in [1.82, 2.24) is 35.1 Å². The molecule has 0 spiro atoms. The number of hydrogen-bond donors (Lipinski definition) is 4. The van der Waals surface area contributed by atoms with E-state index >= 15 is 0 Å². The summed E-state index contributed by atoms with van der Waals surface area (Å²) in [7, 11) is 0. The molecule has 0 aliphatic rings. The van der Waals surface area contributed by atoms with Crippen LogP contribution >= 0.6 is 0 Å². The number of aliphatic hydroxyl groups is 1. The normalized spacial score (nSPS) is 12.3. The summed E-state index contributed by atoms with van der Waals surface area (Å²) in [5.41, 5.74) is 5.78. The Morgan fingerprint density at radius 3 is 2.69 bits per heavy atom. The van der Waals surface area contributed by atoms with Gasteiger partial charge in [0, 0.05) is 35.3 Å². The lowest BCUT2D eigenvalue weighted by molar-refractivity contribution is 0.199. The van der Waals surface area contributed by atoms with Crippen molar-refractivity contribution in [2.75, 3.05) is 5.32 Å². The van der Waals surface area contributed by atoms with E-state index in [2.05, 4.69) is 35.5 Å². The number of nitrogens with one attached hydrogen (secondary N) is 3. The van der Waals surface area contributed by atoms with Gasteiger partial charge in [0.25, 0.3) is 0 Å². The highest BCUT2D eigenvalue weighted by atomic mass is 19.1. The van der Waals surface area contributed by atoms with Crippen molar-refractivity contribution >= 4 is 27.9 Å². The highest BCUT2D eigenvalue weighted by Crippen LogP contribution is 2.32. The summed E-state index contributed by atoms with van der Waals surface area (Å²) in [5, 5.41) is 20.9. The lowest BCUT2D eigenvalue weighted by Crippen LogP contribution is -2.17. The highest BCUT2D eigenvalue weighted by molar-refractivity contribution is 5.96. The van der Waals surface area contributed by atoms with E-state index in [0.29, 0.717) is 40.5 Å². The third-order valence-corrected chi connectivity index (χ3v) is 5.97. The monoisotopic (exact) mass is 480 g/mol. The van der Waals surface area contributed by atoms with Crippen LogP contribution in [0.4, 0.5) is 10.2 Å². The van der Waals surface area contributed by atoms with Gasteiger partial charge in [-0.15, -0.1) is 0 Å². The molecule has 0 bridgehead atoms. The Labute approximate surface area is 204 Å². The number of pyridine rings is 3. The Morgan fingerprint density at radius 1 is 1.00 bits per heavy atom. The molecule has 0 saturated heterocycles. The molecule has 5 aromatic heterocycles. The number of anilines is 1. The van der Waals surface area contributed by atoms with Gasteiger partial charge in [0.15, 0.2) is 11.5 Å². The smallest absolute Gasteiger partial charge is 0.181 e. The molecule has 0 fully saturated rings. The molecular formula is C26H21FN8O. The largest absolute Gasteiger partial charge is 0.374 e. The SMILES string of the molecule is CCC(O)Nc1ccc(-c2cnc3n[nH]c(-c4nc5c(-c6cccc(F)c6)cncc5[nH]4)c3c2)cn1. The summed E-state index contributed by atoms with van der Waals surface area (Å²) in [6, 6.07) is 12.1. The average molecular weight is 481 g/mol. The molecule has 10 heteroatoms. The molecule has 1 atom stereocenters. The van der Waals surface area contributed by atoms with Crippen LogP contribution in [0.1, 0.15) is 13.3 Å². The van der Waals surface area contributed by atoms with E-state index in [-0.39, 0.29) is 5.82 Å². The molecule has 4 N–H and O–H groups in total. The first-order chi connectivity index (χ1) is 17.6. The first-order valence-corrected chi connectivity index (χ1v) is 11.4. The van der Waals surface area contributed by atoms with Gasteiger partial charge in [-0.05, 0) is 42.3 Å². The van der Waals surface area contributed by atoms with Crippen LogP contribution in [-0.4, -0.2) is 46.5 Å². The second-order valence-corrected chi connectivity index (χ2v) is 8.37. The van der Waals surface area contributed by atoms with Gasteiger partial charge in [-0.3, -0.25) is 10.1 Å². The molecule has 1 aromatic carbocycles. The number of aromatic nitrogens is 7. The van der Waals surface area contributed by atoms with Gasteiger partial charge in [-0.1, -0.05) is 19.1 Å². The van der Waals surface area contributed by atoms with Crippen molar-refractivity contribution in [2.45, 2.75) is 19.6 Å². The Morgan fingerprint density at radius 2 is 1.89 bits per heavy atom. The van der Waals surface area contributed by atoms with Gasteiger partial charge >= 0.3 is 0 Å². The summed E-state index contributed by atoms with van der Waals surface area (Å²) in [6.45, 7) is 1.89. The number of imidazole rings is 1. The summed E-state index contributed by atoms with van der Waals surface area (Å²) < 4.78 is 13.8. The van der Waals surface area contributed by atoms with Gasteiger partial charge in [0.2, 0.25) is 0 Å². The van der Waals surface area contributed by atoms with Crippen LogP contribution in [0, 0.1) is 5.82 Å². The second-order valence-electron chi connectivity index (χ2n) is 8.37. The van der Waals surface area contributed by atoms with Crippen LogP contribution in [-0.2, 0) is 0 Å². The van der Waals surface area contributed by atoms with E-state index < -0.39 is 6.23 Å². The molecule has 6 rings (SSSR count). The number of benzene rings is 1. The number of H-pyrrole nitrogens is 2. The molecular weight excluding hydrogens is 459 g/mol. The number of aliphatic hydroxyl groups excluding tert-OH is 1. The second kappa shape index (κ2) is 8.82. The maximum atomic E-state index is 13.8. The third-order valence-electron chi connectivity index (χ3n) is 5.97. The lowest BCUT2D eigenvalue weighted by Gasteiger charge is -2.11. The summed E-state index contributed by atoms with van der Waals surface area (Å²) >= 11 is 0. The van der Waals surface area contributed by atoms with Gasteiger partial charge in [0.05, 0.1) is 22.6 Å². The number of halogens is 1. The number of hydrogen-bond acceptors (Lipinski definition) is 7. The number of fused-ring (bicyclic) bond motifs is 2. The molecule has 0 radical (unpaired) electrons. The molecule has 6 aromatic rings. The number of nitrogens with zero attached hydrogens (tertiary/aromatic N) is 5.